The van der Waals surface area contributed by atoms with Gasteiger partial charge in [0, 0.05) is 12.1 Å². The van der Waals surface area contributed by atoms with Gasteiger partial charge in [0.15, 0.2) is 0 Å². The molecule has 1 amide bonds. The van der Waals surface area contributed by atoms with E-state index >= 15 is 0 Å². The molecule has 5 heteroatoms. The molecule has 82 valence electrons. The number of hydrogen-bond donors (Lipinski definition) is 1. The Labute approximate surface area is 90.2 Å². The zero-order valence-electron chi connectivity index (χ0n) is 8.15. The molecular formula is C9H17ClN2O2. The Morgan fingerprint density at radius 1 is 1.29 bits per heavy atom. The maximum Gasteiger partial charge on any atom is 0.410 e. The lowest BCUT2D eigenvalue weighted by Gasteiger charge is -2.31. The molecule has 2 N–H and O–H groups in total. The van der Waals surface area contributed by atoms with Gasteiger partial charge in [-0.25, -0.2) is 4.79 Å². The highest BCUT2D eigenvalue weighted by Gasteiger charge is 2.31. The van der Waals surface area contributed by atoms with E-state index in [1.54, 1.807) is 0 Å². The van der Waals surface area contributed by atoms with E-state index in [-0.39, 0.29) is 18.5 Å². The van der Waals surface area contributed by atoms with Crippen LogP contribution in [0.15, 0.2) is 0 Å². The molecule has 14 heavy (non-hydrogen) atoms. The van der Waals surface area contributed by atoms with Crippen molar-refractivity contribution in [1.29, 1.82) is 0 Å². The summed E-state index contributed by atoms with van der Waals surface area (Å²) in [6.45, 7) is 1.32. The highest BCUT2D eigenvalue weighted by Crippen LogP contribution is 2.24. The normalized spacial score (nSPS) is 32.4. The number of cyclic esters (lactones) is 1. The Bertz CT molecular complexity index is 205. The van der Waals surface area contributed by atoms with Crippen LogP contribution in [-0.2, 0) is 4.74 Å². The molecule has 0 aromatic heterocycles. The molecule has 1 saturated heterocycles. The Kier molecular flexibility index (Phi) is 4.01. The number of halogens is 1. The monoisotopic (exact) mass is 220 g/mol. The maximum atomic E-state index is 11.2. The third-order valence-electron chi connectivity index (χ3n) is 2.97. The van der Waals surface area contributed by atoms with Crippen LogP contribution in [0.4, 0.5) is 4.79 Å². The lowest BCUT2D eigenvalue weighted by molar-refractivity contribution is 0.137. The molecule has 0 unspecified atom stereocenters. The summed E-state index contributed by atoms with van der Waals surface area (Å²) in [5, 5.41) is 0. The second-order valence-electron chi connectivity index (χ2n) is 3.88. The van der Waals surface area contributed by atoms with Gasteiger partial charge in [-0.15, -0.1) is 12.4 Å². The van der Waals surface area contributed by atoms with Crippen LogP contribution < -0.4 is 5.73 Å². The number of rotatable bonds is 1. The Morgan fingerprint density at radius 3 is 2.43 bits per heavy atom. The van der Waals surface area contributed by atoms with Crippen LogP contribution >= 0.6 is 12.4 Å². The van der Waals surface area contributed by atoms with Crippen molar-refractivity contribution in [3.63, 3.8) is 0 Å². The lowest BCUT2D eigenvalue weighted by atomic mass is 9.91. The van der Waals surface area contributed by atoms with E-state index in [1.165, 1.54) is 0 Å². The summed E-state index contributed by atoms with van der Waals surface area (Å²) in [5.74, 6) is 0. The second kappa shape index (κ2) is 4.84. The van der Waals surface area contributed by atoms with Gasteiger partial charge >= 0.3 is 6.09 Å². The first-order chi connectivity index (χ1) is 6.27. The molecule has 1 aliphatic carbocycles. The SMILES string of the molecule is Cl.NC1CCC(N2CCOC2=O)CC1. The smallest absolute Gasteiger partial charge is 0.410 e. The second-order valence-corrected chi connectivity index (χ2v) is 3.88. The summed E-state index contributed by atoms with van der Waals surface area (Å²) < 4.78 is 4.90. The molecule has 2 fully saturated rings. The number of carbonyl (C=O) groups is 1. The van der Waals surface area contributed by atoms with Crippen molar-refractivity contribution in [2.75, 3.05) is 13.2 Å². The molecule has 0 radical (unpaired) electrons. The summed E-state index contributed by atoms with van der Waals surface area (Å²) in [4.78, 5) is 13.1. The average molecular weight is 221 g/mol. The number of hydrogen-bond acceptors (Lipinski definition) is 3. The number of nitrogens with zero attached hydrogens (tertiary/aromatic N) is 1. The van der Waals surface area contributed by atoms with Gasteiger partial charge in [-0.1, -0.05) is 0 Å². The third kappa shape index (κ3) is 2.30. The fourth-order valence-corrected chi connectivity index (χ4v) is 2.15. The van der Waals surface area contributed by atoms with E-state index in [0.717, 1.165) is 32.2 Å². The number of ether oxygens (including phenoxy) is 1. The van der Waals surface area contributed by atoms with Crippen LogP contribution in [0.3, 0.4) is 0 Å². The van der Waals surface area contributed by atoms with Crippen molar-refractivity contribution in [2.24, 2.45) is 5.73 Å². The first-order valence-electron chi connectivity index (χ1n) is 4.96. The summed E-state index contributed by atoms with van der Waals surface area (Å²) in [5.41, 5.74) is 5.80. The van der Waals surface area contributed by atoms with Crippen LogP contribution in [0.5, 0.6) is 0 Å². The van der Waals surface area contributed by atoms with Crippen molar-refractivity contribution in [3.05, 3.63) is 0 Å². The van der Waals surface area contributed by atoms with Crippen molar-refractivity contribution in [1.82, 2.24) is 4.90 Å². The molecule has 2 rings (SSSR count). The molecule has 0 spiro atoms. The average Bonchev–Trinajstić information content (AvgIpc) is 2.53. The Balaban J connectivity index is 0.000000980. The van der Waals surface area contributed by atoms with Gasteiger partial charge in [-0.05, 0) is 25.7 Å². The van der Waals surface area contributed by atoms with Crippen molar-refractivity contribution in [3.8, 4) is 0 Å². The van der Waals surface area contributed by atoms with Gasteiger partial charge in [0.25, 0.3) is 0 Å². The van der Waals surface area contributed by atoms with Crippen molar-refractivity contribution >= 4 is 18.5 Å². The Hall–Kier alpha value is -0.480. The first kappa shape index (κ1) is 11.6. The first-order valence-corrected chi connectivity index (χ1v) is 4.96. The predicted octanol–water partition coefficient (Wildman–Crippen LogP) is 1.13. The fourth-order valence-electron chi connectivity index (χ4n) is 2.15. The van der Waals surface area contributed by atoms with Crippen molar-refractivity contribution < 1.29 is 9.53 Å². The van der Waals surface area contributed by atoms with Gasteiger partial charge in [0.05, 0.1) is 6.54 Å². The largest absolute Gasteiger partial charge is 0.448 e. The molecule has 0 atom stereocenters. The number of carbonyl (C=O) groups excluding carboxylic acids is 1. The van der Waals surface area contributed by atoms with Crippen LogP contribution in [-0.4, -0.2) is 36.2 Å². The van der Waals surface area contributed by atoms with Crippen molar-refractivity contribution in [2.45, 2.75) is 37.8 Å². The zero-order chi connectivity index (χ0) is 9.26. The minimum atomic E-state index is -0.138. The minimum Gasteiger partial charge on any atom is -0.448 e. The fraction of sp³-hybridized carbons (Fsp3) is 0.889. The predicted molar refractivity (Wildman–Crippen MR) is 55.5 cm³/mol. The Morgan fingerprint density at radius 2 is 1.93 bits per heavy atom. The standard InChI is InChI=1S/C9H16N2O2.ClH/c10-7-1-3-8(4-2-7)11-5-6-13-9(11)12;/h7-8H,1-6,10H2;1H. The van der Waals surface area contributed by atoms with E-state index < -0.39 is 0 Å². The van der Waals surface area contributed by atoms with Crippen LogP contribution in [0.2, 0.25) is 0 Å². The van der Waals surface area contributed by atoms with E-state index in [2.05, 4.69) is 0 Å². The van der Waals surface area contributed by atoms with E-state index in [4.69, 9.17) is 10.5 Å². The third-order valence-corrected chi connectivity index (χ3v) is 2.97. The number of nitrogens with two attached hydrogens (primary N) is 1. The summed E-state index contributed by atoms with van der Waals surface area (Å²) >= 11 is 0. The molecule has 0 bridgehead atoms. The lowest BCUT2D eigenvalue weighted by Crippen LogP contribution is -2.41. The molecule has 0 aromatic carbocycles. The van der Waals surface area contributed by atoms with Crippen LogP contribution in [0, 0.1) is 0 Å². The zero-order valence-corrected chi connectivity index (χ0v) is 8.96. The summed E-state index contributed by atoms with van der Waals surface area (Å²) in [7, 11) is 0. The van der Waals surface area contributed by atoms with Gasteiger partial charge in [-0.2, -0.15) is 0 Å². The molecular weight excluding hydrogens is 204 g/mol. The molecule has 1 heterocycles. The highest BCUT2D eigenvalue weighted by atomic mass is 35.5. The highest BCUT2D eigenvalue weighted by molar-refractivity contribution is 5.85. The van der Waals surface area contributed by atoms with Gasteiger partial charge < -0.3 is 15.4 Å². The molecule has 1 saturated carbocycles. The van der Waals surface area contributed by atoms with Crippen LogP contribution in [0.1, 0.15) is 25.7 Å². The molecule has 1 aliphatic heterocycles. The molecule has 4 nitrogen and oxygen atoms in total. The maximum absolute atomic E-state index is 11.2. The van der Waals surface area contributed by atoms with E-state index in [0.29, 0.717) is 18.7 Å². The van der Waals surface area contributed by atoms with E-state index in [9.17, 15) is 4.79 Å². The minimum absolute atomic E-state index is 0. The summed E-state index contributed by atoms with van der Waals surface area (Å²) in [6.07, 6.45) is 4.01. The summed E-state index contributed by atoms with van der Waals surface area (Å²) in [6, 6.07) is 0.727. The van der Waals surface area contributed by atoms with Gasteiger partial charge in [0.1, 0.15) is 6.61 Å². The number of amides is 1. The topological polar surface area (TPSA) is 55.6 Å². The molecule has 0 aromatic rings. The van der Waals surface area contributed by atoms with Gasteiger partial charge in [0.2, 0.25) is 0 Å². The van der Waals surface area contributed by atoms with Crippen LogP contribution in [0.25, 0.3) is 0 Å². The quantitative estimate of drug-likeness (QED) is 0.721. The van der Waals surface area contributed by atoms with E-state index in [1.807, 2.05) is 4.90 Å². The van der Waals surface area contributed by atoms with Gasteiger partial charge in [-0.3, -0.25) is 0 Å². The molecule has 2 aliphatic rings.